The fraction of sp³-hybridized carbons (Fsp3) is 0.600. The second kappa shape index (κ2) is 11.2. The monoisotopic (exact) mass is 561 g/mol. The van der Waals surface area contributed by atoms with Crippen LogP contribution in [0.1, 0.15) is 26.3 Å². The van der Waals surface area contributed by atoms with E-state index in [0.717, 1.165) is 0 Å². The lowest BCUT2D eigenvalue weighted by molar-refractivity contribution is -0.136. The zero-order valence-corrected chi connectivity index (χ0v) is 23.3. The molecule has 4 heterocycles. The Hall–Kier alpha value is -3.07. The van der Waals surface area contributed by atoms with Gasteiger partial charge < -0.3 is 19.7 Å². The highest BCUT2D eigenvalue weighted by Gasteiger charge is 2.42. The predicted octanol–water partition coefficient (Wildman–Crippen LogP) is -0.467. The van der Waals surface area contributed by atoms with E-state index >= 15 is 0 Å². The minimum Gasteiger partial charge on any atom is -0.493 e. The van der Waals surface area contributed by atoms with E-state index in [-0.39, 0.29) is 48.2 Å². The van der Waals surface area contributed by atoms with Crippen LogP contribution in [0.15, 0.2) is 33.2 Å². The number of benzene rings is 1. The summed E-state index contributed by atoms with van der Waals surface area (Å²) in [6.07, 6.45) is 0. The Bertz CT molecular complexity index is 1290. The smallest absolute Gasteiger partial charge is 0.252 e. The summed E-state index contributed by atoms with van der Waals surface area (Å²) in [5, 5.41) is 9.00. The van der Waals surface area contributed by atoms with Gasteiger partial charge in [0.1, 0.15) is 11.6 Å². The predicted molar refractivity (Wildman–Crippen MR) is 143 cm³/mol. The molecule has 0 bridgehead atoms. The number of piperazine rings is 1. The standard InChI is InChI=1S/C25H35N7O6S/c1-4-38-21-6-5-19(15-20(21)24-27-25(34)23-17(2)26-18(3)32(23)28-24)39(35,36)31-9-7-29(8-10-31)16-22(33)30-11-13-37-14-12-30/h5-6,15,17,23H,4,7-14,16H2,1-3H3,(H,27,28,34). The number of hydrogen-bond donors (Lipinski definition) is 1. The molecular formula is C25H35N7O6S. The summed E-state index contributed by atoms with van der Waals surface area (Å²) in [6.45, 7) is 9.79. The Morgan fingerprint density at radius 1 is 1.15 bits per heavy atom. The molecule has 13 nitrogen and oxygen atoms in total. The number of sulfonamides is 1. The van der Waals surface area contributed by atoms with Gasteiger partial charge in [-0.15, -0.1) is 0 Å². The van der Waals surface area contributed by atoms with Gasteiger partial charge in [-0.25, -0.2) is 13.4 Å². The Balaban J connectivity index is 1.33. The minimum atomic E-state index is -3.84. The van der Waals surface area contributed by atoms with Crippen molar-refractivity contribution in [2.75, 3.05) is 65.6 Å². The summed E-state index contributed by atoms with van der Waals surface area (Å²) in [4.78, 5) is 33.8. The number of aliphatic imine (C=N–C) groups is 1. The van der Waals surface area contributed by atoms with Gasteiger partial charge in [-0.2, -0.15) is 9.41 Å². The van der Waals surface area contributed by atoms with Crippen LogP contribution in [0.3, 0.4) is 0 Å². The average molecular weight is 562 g/mol. The van der Waals surface area contributed by atoms with E-state index in [2.05, 4.69) is 15.4 Å². The first-order chi connectivity index (χ1) is 18.7. The highest BCUT2D eigenvalue weighted by Crippen LogP contribution is 2.29. The highest BCUT2D eigenvalue weighted by molar-refractivity contribution is 7.89. The summed E-state index contributed by atoms with van der Waals surface area (Å²) in [7, 11) is -3.84. The SMILES string of the molecule is CCOc1ccc(S(=O)(=O)N2CCN(CC(=O)N3CCOCC3)CC2)cc1C1=NN2C(C)=NC(C)C2C(=O)N1. The number of fused-ring (bicyclic) bond motifs is 1. The van der Waals surface area contributed by atoms with Gasteiger partial charge in [0.05, 0.1) is 42.9 Å². The van der Waals surface area contributed by atoms with Crippen molar-refractivity contribution in [2.45, 2.75) is 37.8 Å². The first kappa shape index (κ1) is 27.5. The average Bonchev–Trinajstić information content (AvgIpc) is 3.23. The van der Waals surface area contributed by atoms with Crippen LogP contribution in [-0.2, 0) is 24.3 Å². The molecule has 5 rings (SSSR count). The zero-order valence-electron chi connectivity index (χ0n) is 22.5. The molecule has 0 spiro atoms. The van der Waals surface area contributed by atoms with Crippen molar-refractivity contribution in [1.29, 1.82) is 0 Å². The van der Waals surface area contributed by atoms with E-state index in [4.69, 9.17) is 9.47 Å². The lowest BCUT2D eigenvalue weighted by Gasteiger charge is -2.35. The van der Waals surface area contributed by atoms with Crippen LogP contribution >= 0.6 is 0 Å². The number of rotatable bonds is 7. The third-order valence-electron chi connectivity index (χ3n) is 7.36. The largest absolute Gasteiger partial charge is 0.493 e. The van der Waals surface area contributed by atoms with Gasteiger partial charge in [0.15, 0.2) is 11.9 Å². The molecule has 4 aliphatic rings. The second-order valence-electron chi connectivity index (χ2n) is 9.91. The summed E-state index contributed by atoms with van der Waals surface area (Å²) in [6, 6.07) is 3.83. The number of carbonyl (C=O) groups excluding carboxylic acids is 2. The molecule has 2 atom stereocenters. The first-order valence-electron chi connectivity index (χ1n) is 13.3. The molecule has 0 saturated carbocycles. The molecule has 212 valence electrons. The number of hydrogen-bond acceptors (Lipinski definition) is 10. The fourth-order valence-corrected chi connectivity index (χ4v) is 6.71. The van der Waals surface area contributed by atoms with Gasteiger partial charge in [-0.3, -0.25) is 19.5 Å². The molecule has 1 aromatic rings. The summed E-state index contributed by atoms with van der Waals surface area (Å²) >= 11 is 0. The van der Waals surface area contributed by atoms with Crippen molar-refractivity contribution in [2.24, 2.45) is 10.1 Å². The van der Waals surface area contributed by atoms with Gasteiger partial charge in [0.2, 0.25) is 15.9 Å². The molecular weight excluding hydrogens is 526 g/mol. The van der Waals surface area contributed by atoms with Crippen LogP contribution in [0.25, 0.3) is 0 Å². The number of amidine groups is 2. The Morgan fingerprint density at radius 2 is 1.87 bits per heavy atom. The molecule has 1 aromatic carbocycles. The van der Waals surface area contributed by atoms with Crippen molar-refractivity contribution in [1.82, 2.24) is 24.4 Å². The summed E-state index contributed by atoms with van der Waals surface area (Å²) < 4.78 is 39.8. The maximum Gasteiger partial charge on any atom is 0.252 e. The Morgan fingerprint density at radius 3 is 2.56 bits per heavy atom. The second-order valence-corrected chi connectivity index (χ2v) is 11.8. The number of carbonyl (C=O) groups is 2. The van der Waals surface area contributed by atoms with E-state index in [9.17, 15) is 18.0 Å². The third-order valence-corrected chi connectivity index (χ3v) is 9.25. The summed E-state index contributed by atoms with van der Waals surface area (Å²) in [5.41, 5.74) is 0.381. The van der Waals surface area contributed by atoms with Crippen molar-refractivity contribution < 1.29 is 27.5 Å². The van der Waals surface area contributed by atoms with E-state index in [1.54, 1.807) is 22.9 Å². The maximum atomic E-state index is 13.6. The molecule has 2 fully saturated rings. The number of nitrogens with zero attached hydrogens (tertiary/aromatic N) is 6. The van der Waals surface area contributed by atoms with Crippen LogP contribution in [0.4, 0.5) is 0 Å². The van der Waals surface area contributed by atoms with Crippen molar-refractivity contribution >= 4 is 33.5 Å². The van der Waals surface area contributed by atoms with Crippen LogP contribution in [0.5, 0.6) is 5.75 Å². The molecule has 14 heteroatoms. The lowest BCUT2D eigenvalue weighted by atomic mass is 10.1. The number of ether oxygens (including phenoxy) is 2. The number of morpholine rings is 1. The van der Waals surface area contributed by atoms with Crippen molar-refractivity contribution in [3.05, 3.63) is 23.8 Å². The van der Waals surface area contributed by atoms with Gasteiger partial charge in [0, 0.05) is 39.3 Å². The molecule has 0 aliphatic carbocycles. The van der Waals surface area contributed by atoms with E-state index in [0.29, 0.717) is 63.1 Å². The van der Waals surface area contributed by atoms with Crippen LogP contribution in [0.2, 0.25) is 0 Å². The molecule has 2 unspecified atom stereocenters. The van der Waals surface area contributed by atoms with E-state index in [1.165, 1.54) is 16.4 Å². The normalized spacial score (nSPS) is 24.6. The Labute approximate surface area is 228 Å². The fourth-order valence-electron chi connectivity index (χ4n) is 5.26. The van der Waals surface area contributed by atoms with Crippen LogP contribution in [-0.4, -0.2) is 129 Å². The molecule has 2 saturated heterocycles. The molecule has 1 N–H and O–H groups in total. The molecule has 39 heavy (non-hydrogen) atoms. The first-order valence-corrected chi connectivity index (χ1v) is 14.7. The topological polar surface area (TPSA) is 136 Å². The molecule has 0 aromatic heterocycles. The number of amides is 2. The van der Waals surface area contributed by atoms with Gasteiger partial charge >= 0.3 is 0 Å². The molecule has 4 aliphatic heterocycles. The van der Waals surface area contributed by atoms with Gasteiger partial charge in [-0.1, -0.05) is 0 Å². The highest BCUT2D eigenvalue weighted by atomic mass is 32.2. The van der Waals surface area contributed by atoms with Gasteiger partial charge in [-0.05, 0) is 39.0 Å². The van der Waals surface area contributed by atoms with Crippen molar-refractivity contribution in [3.63, 3.8) is 0 Å². The van der Waals surface area contributed by atoms with Crippen molar-refractivity contribution in [3.8, 4) is 5.75 Å². The quantitative estimate of drug-likeness (QED) is 0.472. The lowest BCUT2D eigenvalue weighted by Crippen LogP contribution is -2.54. The maximum absolute atomic E-state index is 13.6. The molecule has 0 radical (unpaired) electrons. The zero-order chi connectivity index (χ0) is 27.7. The van der Waals surface area contributed by atoms with Gasteiger partial charge in [0.25, 0.3) is 5.91 Å². The van der Waals surface area contributed by atoms with E-state index < -0.39 is 16.1 Å². The number of nitrogens with one attached hydrogen (secondary N) is 1. The summed E-state index contributed by atoms with van der Waals surface area (Å²) in [5.74, 6) is 1.03. The van der Waals surface area contributed by atoms with Crippen LogP contribution in [0, 0.1) is 0 Å². The minimum absolute atomic E-state index is 0.0379. The van der Waals surface area contributed by atoms with Crippen LogP contribution < -0.4 is 10.1 Å². The number of hydrazone groups is 1. The third kappa shape index (κ3) is 5.51. The molecule has 2 amide bonds. The van der Waals surface area contributed by atoms with E-state index in [1.807, 2.05) is 18.7 Å². The Kier molecular flexibility index (Phi) is 7.89.